The zero-order valence-electron chi connectivity index (χ0n) is 9.34. The third-order valence-electron chi connectivity index (χ3n) is 2.06. The number of carboxylic acid groups (broad SMARTS) is 1. The highest BCUT2D eigenvalue weighted by atomic mass is 32.2. The Bertz CT molecular complexity index is 635. The van der Waals surface area contributed by atoms with Gasteiger partial charge in [0.05, 0.1) is 0 Å². The fraction of sp³-hybridized carbons (Fsp3) is 0.200. The Morgan fingerprint density at radius 2 is 2.28 bits per heavy atom. The molecule has 0 aromatic carbocycles. The lowest BCUT2D eigenvalue weighted by atomic mass is 10.4. The van der Waals surface area contributed by atoms with Crippen molar-refractivity contribution in [1.29, 1.82) is 0 Å². The Morgan fingerprint density at radius 1 is 1.50 bits per heavy atom. The molecule has 0 saturated carbocycles. The number of aromatic amines is 1. The van der Waals surface area contributed by atoms with Crippen LogP contribution in [-0.2, 0) is 5.75 Å². The molecule has 2 aromatic rings. The Kier molecular flexibility index (Phi) is 3.78. The topological polar surface area (TPSA) is 95.9 Å². The molecule has 0 aliphatic heterocycles. The van der Waals surface area contributed by atoms with Crippen molar-refractivity contribution >= 4 is 29.1 Å². The highest BCUT2D eigenvalue weighted by Gasteiger charge is 2.08. The van der Waals surface area contributed by atoms with Crippen LogP contribution in [0.5, 0.6) is 0 Å². The first-order valence-electron chi connectivity index (χ1n) is 4.94. The normalized spacial score (nSPS) is 10.5. The van der Waals surface area contributed by atoms with Crippen LogP contribution in [0.3, 0.4) is 0 Å². The number of carboxylic acids is 1. The minimum absolute atomic E-state index is 0.259. The quantitative estimate of drug-likeness (QED) is 0.826. The second kappa shape index (κ2) is 5.32. The molecule has 0 radical (unpaired) electrons. The maximum Gasteiger partial charge on any atom is 0.345 e. The first-order chi connectivity index (χ1) is 8.56. The molecule has 0 unspecified atom stereocenters. The largest absolute Gasteiger partial charge is 0.477 e. The van der Waals surface area contributed by atoms with Gasteiger partial charge in [0, 0.05) is 10.6 Å². The van der Waals surface area contributed by atoms with Gasteiger partial charge in [0.2, 0.25) is 0 Å². The Balaban J connectivity index is 2.04. The van der Waals surface area contributed by atoms with E-state index < -0.39 is 5.97 Å². The molecule has 0 saturated heterocycles. The Hall–Kier alpha value is -1.67. The molecule has 94 valence electrons. The SMILES string of the molecule is Cc1nnc(SCc2ccc(C(=O)O)s2)[nH]c1=O. The monoisotopic (exact) mass is 283 g/mol. The zero-order valence-corrected chi connectivity index (χ0v) is 11.0. The van der Waals surface area contributed by atoms with E-state index in [4.69, 9.17) is 5.11 Å². The van der Waals surface area contributed by atoms with Gasteiger partial charge in [0.25, 0.3) is 5.56 Å². The van der Waals surface area contributed by atoms with Gasteiger partial charge in [-0.3, -0.25) is 9.78 Å². The second-order valence-electron chi connectivity index (χ2n) is 3.40. The van der Waals surface area contributed by atoms with Crippen molar-refractivity contribution in [2.45, 2.75) is 17.8 Å². The van der Waals surface area contributed by atoms with Gasteiger partial charge >= 0.3 is 5.97 Å². The predicted molar refractivity (Wildman–Crippen MR) is 68.2 cm³/mol. The summed E-state index contributed by atoms with van der Waals surface area (Å²) in [6.07, 6.45) is 0. The van der Waals surface area contributed by atoms with Crippen LogP contribution >= 0.6 is 23.1 Å². The van der Waals surface area contributed by atoms with Gasteiger partial charge in [-0.05, 0) is 19.1 Å². The highest BCUT2D eigenvalue weighted by molar-refractivity contribution is 7.98. The number of hydrogen-bond acceptors (Lipinski definition) is 6. The molecule has 2 heterocycles. The van der Waals surface area contributed by atoms with Crippen molar-refractivity contribution in [2.75, 3.05) is 0 Å². The number of nitrogens with one attached hydrogen (secondary N) is 1. The summed E-state index contributed by atoms with van der Waals surface area (Å²) in [5.41, 5.74) is 0.0635. The van der Waals surface area contributed by atoms with E-state index in [1.165, 1.54) is 23.1 Å². The molecular weight excluding hydrogens is 274 g/mol. The minimum atomic E-state index is -0.931. The smallest absolute Gasteiger partial charge is 0.345 e. The van der Waals surface area contributed by atoms with E-state index in [0.717, 1.165) is 4.88 Å². The van der Waals surface area contributed by atoms with Crippen molar-refractivity contribution in [2.24, 2.45) is 0 Å². The Labute approximate surface area is 110 Å². The summed E-state index contributed by atoms with van der Waals surface area (Å²) in [6.45, 7) is 1.58. The second-order valence-corrected chi connectivity index (χ2v) is 5.54. The third-order valence-corrected chi connectivity index (χ3v) is 4.23. The number of H-pyrrole nitrogens is 1. The molecule has 0 amide bonds. The van der Waals surface area contributed by atoms with E-state index >= 15 is 0 Å². The van der Waals surface area contributed by atoms with Gasteiger partial charge in [-0.2, -0.15) is 0 Å². The van der Waals surface area contributed by atoms with Crippen LogP contribution in [0.25, 0.3) is 0 Å². The maximum absolute atomic E-state index is 11.3. The van der Waals surface area contributed by atoms with Gasteiger partial charge in [0.1, 0.15) is 10.6 Å². The molecule has 2 N–H and O–H groups in total. The van der Waals surface area contributed by atoms with Gasteiger partial charge in [-0.1, -0.05) is 11.8 Å². The van der Waals surface area contributed by atoms with E-state index in [1.807, 2.05) is 0 Å². The molecule has 0 atom stereocenters. The number of hydrogen-bond donors (Lipinski definition) is 2. The van der Waals surface area contributed by atoms with E-state index in [-0.39, 0.29) is 5.56 Å². The Morgan fingerprint density at radius 3 is 2.89 bits per heavy atom. The molecular formula is C10H9N3O3S2. The summed E-state index contributed by atoms with van der Waals surface area (Å²) >= 11 is 2.52. The van der Waals surface area contributed by atoms with Gasteiger partial charge in [0.15, 0.2) is 5.16 Å². The maximum atomic E-state index is 11.3. The molecule has 8 heteroatoms. The number of aryl methyl sites for hydroxylation is 1. The molecule has 2 rings (SSSR count). The van der Waals surface area contributed by atoms with E-state index in [9.17, 15) is 9.59 Å². The number of rotatable bonds is 4. The fourth-order valence-corrected chi connectivity index (χ4v) is 2.85. The molecule has 6 nitrogen and oxygen atoms in total. The first kappa shape index (κ1) is 12.8. The molecule has 0 spiro atoms. The van der Waals surface area contributed by atoms with E-state index in [2.05, 4.69) is 15.2 Å². The molecule has 0 bridgehead atoms. The lowest BCUT2D eigenvalue weighted by molar-refractivity contribution is 0.0702. The summed E-state index contributed by atoms with van der Waals surface area (Å²) in [6, 6.07) is 3.31. The van der Waals surface area contributed by atoms with Crippen molar-refractivity contribution in [3.05, 3.63) is 37.9 Å². The average Bonchev–Trinajstić information content (AvgIpc) is 2.79. The number of aromatic nitrogens is 3. The lowest BCUT2D eigenvalue weighted by Crippen LogP contribution is -2.14. The standard InChI is InChI=1S/C10H9N3O3S2/c1-5-8(14)11-10(13-12-5)17-4-6-2-3-7(18-6)9(15)16/h2-3H,4H2,1H3,(H,15,16)(H,11,13,14). The van der Waals surface area contributed by atoms with Gasteiger partial charge < -0.3 is 5.11 Å². The van der Waals surface area contributed by atoms with Crippen molar-refractivity contribution in [1.82, 2.24) is 15.2 Å². The predicted octanol–water partition coefficient (Wildman–Crippen LogP) is 1.53. The first-order valence-corrected chi connectivity index (χ1v) is 6.75. The number of aromatic carboxylic acids is 1. The number of carbonyl (C=O) groups is 1. The minimum Gasteiger partial charge on any atom is -0.477 e. The van der Waals surface area contributed by atoms with Crippen LogP contribution in [0.1, 0.15) is 20.2 Å². The van der Waals surface area contributed by atoms with E-state index in [0.29, 0.717) is 21.5 Å². The van der Waals surface area contributed by atoms with Crippen LogP contribution in [0.2, 0.25) is 0 Å². The average molecular weight is 283 g/mol. The summed E-state index contributed by atoms with van der Waals surface area (Å²) in [5.74, 6) is -0.384. The summed E-state index contributed by atoms with van der Waals surface area (Å²) < 4.78 is 0. The van der Waals surface area contributed by atoms with Crippen molar-refractivity contribution < 1.29 is 9.90 Å². The molecule has 18 heavy (non-hydrogen) atoms. The van der Waals surface area contributed by atoms with Crippen LogP contribution in [-0.4, -0.2) is 26.3 Å². The van der Waals surface area contributed by atoms with Crippen molar-refractivity contribution in [3.8, 4) is 0 Å². The molecule has 2 aromatic heterocycles. The summed E-state index contributed by atoms with van der Waals surface area (Å²) in [5, 5.41) is 16.8. The lowest BCUT2D eigenvalue weighted by Gasteiger charge is -1.97. The fourth-order valence-electron chi connectivity index (χ4n) is 1.15. The van der Waals surface area contributed by atoms with Crippen LogP contribution in [0.15, 0.2) is 22.1 Å². The van der Waals surface area contributed by atoms with E-state index in [1.54, 1.807) is 19.1 Å². The van der Waals surface area contributed by atoms with Crippen LogP contribution in [0, 0.1) is 6.92 Å². The summed E-state index contributed by atoms with van der Waals surface area (Å²) in [7, 11) is 0. The van der Waals surface area contributed by atoms with Gasteiger partial charge in [-0.15, -0.1) is 21.5 Å². The van der Waals surface area contributed by atoms with Crippen molar-refractivity contribution in [3.63, 3.8) is 0 Å². The highest BCUT2D eigenvalue weighted by Crippen LogP contribution is 2.24. The number of nitrogens with zero attached hydrogens (tertiary/aromatic N) is 2. The van der Waals surface area contributed by atoms with Crippen LogP contribution in [0.4, 0.5) is 0 Å². The number of thioether (sulfide) groups is 1. The van der Waals surface area contributed by atoms with Gasteiger partial charge in [-0.25, -0.2) is 4.79 Å². The molecule has 0 fully saturated rings. The molecule has 0 aliphatic rings. The molecule has 0 aliphatic carbocycles. The number of thiophene rings is 1. The van der Waals surface area contributed by atoms with Crippen LogP contribution < -0.4 is 5.56 Å². The zero-order chi connectivity index (χ0) is 13.1. The summed E-state index contributed by atoms with van der Waals surface area (Å²) in [4.78, 5) is 25.8. The third kappa shape index (κ3) is 2.96.